The van der Waals surface area contributed by atoms with Gasteiger partial charge in [-0.3, -0.25) is 9.10 Å². The molecule has 0 aromatic heterocycles. The average molecular weight is 419 g/mol. The second kappa shape index (κ2) is 9.76. The number of fused-ring (bicyclic) bond motifs is 1. The van der Waals surface area contributed by atoms with Crippen molar-refractivity contribution in [2.24, 2.45) is 0 Å². The van der Waals surface area contributed by atoms with Crippen molar-refractivity contribution in [1.82, 2.24) is 5.32 Å². The van der Waals surface area contributed by atoms with Gasteiger partial charge in [-0.25, -0.2) is 8.42 Å². The second-order valence-electron chi connectivity index (χ2n) is 6.69. The van der Waals surface area contributed by atoms with Crippen molar-refractivity contribution in [2.45, 2.75) is 25.2 Å². The number of carbonyl (C=O) groups excluding carboxylic acids is 1. The first-order valence-electron chi connectivity index (χ1n) is 9.66. The summed E-state index contributed by atoms with van der Waals surface area (Å²) in [5, 5.41) is 2.80. The monoisotopic (exact) mass is 418 g/mol. The van der Waals surface area contributed by atoms with E-state index in [1.54, 1.807) is 48.5 Å². The number of carbonyl (C=O) groups is 1. The Hall–Kier alpha value is -2.58. The van der Waals surface area contributed by atoms with Crippen molar-refractivity contribution < 1.29 is 22.7 Å². The standard InChI is InChI=1S/C21H26N2O5S/c1-2-27-14-8-13-22-21(24)20-15-23(18-11-6-7-12-19(18)28-20)29(25,26)16-17-9-4-3-5-10-17/h3-7,9-12,20H,2,8,13-16H2,1H3,(H,22,24)/t20-/m1/s1. The zero-order chi connectivity index (χ0) is 20.7. The molecule has 1 heterocycles. The molecular weight excluding hydrogens is 392 g/mol. The number of hydrogen-bond donors (Lipinski definition) is 1. The fourth-order valence-electron chi connectivity index (χ4n) is 3.11. The van der Waals surface area contributed by atoms with Gasteiger partial charge in [-0.05, 0) is 31.0 Å². The van der Waals surface area contributed by atoms with Crippen LogP contribution in [0.5, 0.6) is 5.75 Å². The van der Waals surface area contributed by atoms with Crippen LogP contribution in [0.25, 0.3) is 0 Å². The zero-order valence-corrected chi connectivity index (χ0v) is 17.2. The van der Waals surface area contributed by atoms with Gasteiger partial charge in [0.2, 0.25) is 10.0 Å². The molecule has 0 saturated carbocycles. The normalized spacial score (nSPS) is 16.0. The molecule has 0 aliphatic carbocycles. The van der Waals surface area contributed by atoms with Gasteiger partial charge in [-0.15, -0.1) is 0 Å². The van der Waals surface area contributed by atoms with Crippen molar-refractivity contribution in [3.8, 4) is 5.75 Å². The van der Waals surface area contributed by atoms with Crippen LogP contribution in [0, 0.1) is 0 Å². The number of hydrogen-bond acceptors (Lipinski definition) is 5. The minimum Gasteiger partial charge on any atom is -0.476 e. The maximum absolute atomic E-state index is 13.1. The Bertz CT molecular complexity index is 918. The molecule has 7 nitrogen and oxygen atoms in total. The molecule has 1 aliphatic rings. The number of ether oxygens (including phenoxy) is 2. The molecule has 8 heteroatoms. The van der Waals surface area contributed by atoms with E-state index >= 15 is 0 Å². The maximum atomic E-state index is 13.1. The van der Waals surface area contributed by atoms with Gasteiger partial charge < -0.3 is 14.8 Å². The average Bonchev–Trinajstić information content (AvgIpc) is 2.73. The quantitative estimate of drug-likeness (QED) is 0.632. The van der Waals surface area contributed by atoms with E-state index in [4.69, 9.17) is 9.47 Å². The lowest BCUT2D eigenvalue weighted by Crippen LogP contribution is -2.51. The predicted octanol–water partition coefficient (Wildman–Crippen LogP) is 2.33. The number of nitrogens with one attached hydrogen (secondary N) is 1. The zero-order valence-electron chi connectivity index (χ0n) is 16.4. The number of rotatable bonds is 9. The van der Waals surface area contributed by atoms with E-state index in [0.29, 0.717) is 43.2 Å². The topological polar surface area (TPSA) is 84.9 Å². The third kappa shape index (κ3) is 5.48. The van der Waals surface area contributed by atoms with E-state index in [-0.39, 0.29) is 18.2 Å². The Kier molecular flexibility index (Phi) is 7.11. The minimum atomic E-state index is -3.70. The molecule has 0 fully saturated rings. The molecule has 2 aromatic rings. The predicted molar refractivity (Wildman–Crippen MR) is 111 cm³/mol. The van der Waals surface area contributed by atoms with Crippen LogP contribution in [-0.4, -0.2) is 46.7 Å². The van der Waals surface area contributed by atoms with Gasteiger partial charge in [0.15, 0.2) is 6.10 Å². The summed E-state index contributed by atoms with van der Waals surface area (Å²) in [6.45, 7) is 3.48. The number of anilines is 1. The molecular formula is C21H26N2O5S. The number of amides is 1. The smallest absolute Gasteiger partial charge is 0.263 e. The lowest BCUT2D eigenvalue weighted by molar-refractivity contribution is -0.127. The molecule has 1 atom stereocenters. The fourth-order valence-corrected chi connectivity index (χ4v) is 4.69. The summed E-state index contributed by atoms with van der Waals surface area (Å²) >= 11 is 0. The van der Waals surface area contributed by atoms with Crippen molar-refractivity contribution >= 4 is 21.6 Å². The summed E-state index contributed by atoms with van der Waals surface area (Å²) in [6.07, 6.45) is -0.235. The lowest BCUT2D eigenvalue weighted by Gasteiger charge is -2.34. The van der Waals surface area contributed by atoms with Crippen molar-refractivity contribution in [3.63, 3.8) is 0 Å². The maximum Gasteiger partial charge on any atom is 0.263 e. The molecule has 2 aromatic carbocycles. The van der Waals surface area contributed by atoms with Crippen LogP contribution in [0.1, 0.15) is 18.9 Å². The van der Waals surface area contributed by atoms with Crippen molar-refractivity contribution in [1.29, 1.82) is 0 Å². The van der Waals surface area contributed by atoms with E-state index in [1.165, 1.54) is 4.31 Å². The van der Waals surface area contributed by atoms with E-state index in [2.05, 4.69) is 5.32 Å². The highest BCUT2D eigenvalue weighted by molar-refractivity contribution is 7.92. The van der Waals surface area contributed by atoms with Crippen molar-refractivity contribution in [2.75, 3.05) is 30.6 Å². The van der Waals surface area contributed by atoms with Gasteiger partial charge in [0, 0.05) is 19.8 Å². The van der Waals surface area contributed by atoms with Gasteiger partial charge >= 0.3 is 0 Å². The van der Waals surface area contributed by atoms with Crippen LogP contribution in [-0.2, 0) is 25.3 Å². The molecule has 0 bridgehead atoms. The largest absolute Gasteiger partial charge is 0.476 e. The second-order valence-corrected chi connectivity index (χ2v) is 8.58. The number of nitrogens with zero attached hydrogens (tertiary/aromatic N) is 1. The van der Waals surface area contributed by atoms with Crippen LogP contribution < -0.4 is 14.4 Å². The molecule has 29 heavy (non-hydrogen) atoms. The first-order valence-corrected chi connectivity index (χ1v) is 11.3. The molecule has 1 amide bonds. The van der Waals surface area contributed by atoms with Crippen LogP contribution >= 0.6 is 0 Å². The Balaban J connectivity index is 1.75. The highest BCUT2D eigenvalue weighted by atomic mass is 32.2. The summed E-state index contributed by atoms with van der Waals surface area (Å²) in [7, 11) is -3.70. The summed E-state index contributed by atoms with van der Waals surface area (Å²) in [5.74, 6) is -0.106. The highest BCUT2D eigenvalue weighted by Crippen LogP contribution is 2.35. The van der Waals surface area contributed by atoms with Gasteiger partial charge in [-0.1, -0.05) is 42.5 Å². The third-order valence-corrected chi connectivity index (χ3v) is 6.24. The van der Waals surface area contributed by atoms with Crippen LogP contribution in [0.15, 0.2) is 54.6 Å². The van der Waals surface area contributed by atoms with E-state index < -0.39 is 16.1 Å². The van der Waals surface area contributed by atoms with Gasteiger partial charge in [0.25, 0.3) is 5.91 Å². The van der Waals surface area contributed by atoms with Crippen LogP contribution in [0.4, 0.5) is 5.69 Å². The Labute approximate surface area is 171 Å². The number of sulfonamides is 1. The fraction of sp³-hybridized carbons (Fsp3) is 0.381. The molecule has 1 aliphatic heterocycles. The Morgan fingerprint density at radius 2 is 1.90 bits per heavy atom. The SMILES string of the molecule is CCOCCCNC(=O)[C@H]1CN(S(=O)(=O)Cc2ccccc2)c2ccccc2O1. The lowest BCUT2D eigenvalue weighted by atomic mass is 10.2. The Morgan fingerprint density at radius 3 is 2.66 bits per heavy atom. The van der Waals surface area contributed by atoms with E-state index in [9.17, 15) is 13.2 Å². The first kappa shape index (κ1) is 21.1. The highest BCUT2D eigenvalue weighted by Gasteiger charge is 2.36. The molecule has 0 unspecified atom stereocenters. The van der Waals surface area contributed by atoms with E-state index in [0.717, 1.165) is 0 Å². The molecule has 0 saturated heterocycles. The van der Waals surface area contributed by atoms with Crippen LogP contribution in [0.2, 0.25) is 0 Å². The molecule has 0 radical (unpaired) electrons. The molecule has 1 N–H and O–H groups in total. The molecule has 156 valence electrons. The van der Waals surface area contributed by atoms with Crippen LogP contribution in [0.3, 0.4) is 0 Å². The van der Waals surface area contributed by atoms with Crippen molar-refractivity contribution in [3.05, 3.63) is 60.2 Å². The first-order chi connectivity index (χ1) is 14.0. The summed E-state index contributed by atoms with van der Waals surface area (Å²) in [6, 6.07) is 15.9. The molecule has 0 spiro atoms. The summed E-state index contributed by atoms with van der Waals surface area (Å²) in [5.41, 5.74) is 1.14. The minimum absolute atomic E-state index is 0.0660. The van der Waals surface area contributed by atoms with Gasteiger partial charge in [0.1, 0.15) is 5.75 Å². The van der Waals surface area contributed by atoms with Gasteiger partial charge in [0.05, 0.1) is 18.0 Å². The van der Waals surface area contributed by atoms with Gasteiger partial charge in [-0.2, -0.15) is 0 Å². The summed E-state index contributed by atoms with van der Waals surface area (Å²) < 4.78 is 38.6. The number of para-hydroxylation sites is 2. The number of benzene rings is 2. The third-order valence-electron chi connectivity index (χ3n) is 4.52. The van der Waals surface area contributed by atoms with E-state index in [1.807, 2.05) is 13.0 Å². The Morgan fingerprint density at radius 1 is 1.17 bits per heavy atom. The molecule has 3 rings (SSSR count). The summed E-state index contributed by atoms with van der Waals surface area (Å²) in [4.78, 5) is 12.6.